The van der Waals surface area contributed by atoms with Crippen LogP contribution in [-0.4, -0.2) is 31.6 Å². The minimum atomic E-state index is 0.364. The fraction of sp³-hybridized carbons (Fsp3) is 0.684. The first-order valence-electron chi connectivity index (χ1n) is 8.44. The van der Waals surface area contributed by atoms with E-state index in [9.17, 15) is 0 Å². The molecule has 1 unspecified atom stereocenters. The minimum Gasteiger partial charge on any atom is -0.316 e. The Morgan fingerprint density at radius 2 is 1.95 bits per heavy atom. The van der Waals surface area contributed by atoms with Crippen LogP contribution >= 0.6 is 0 Å². The van der Waals surface area contributed by atoms with Crippen molar-refractivity contribution in [3.05, 3.63) is 35.4 Å². The minimum absolute atomic E-state index is 0.364. The summed E-state index contributed by atoms with van der Waals surface area (Å²) >= 11 is 0. The van der Waals surface area contributed by atoms with Gasteiger partial charge in [-0.15, -0.1) is 0 Å². The number of hydrogen-bond donors (Lipinski definition) is 1. The third kappa shape index (κ3) is 7.10. The topological polar surface area (TPSA) is 15.3 Å². The average molecular weight is 290 g/mol. The first-order valence-corrected chi connectivity index (χ1v) is 8.44. The lowest BCUT2D eigenvalue weighted by Crippen LogP contribution is -2.41. The first kappa shape index (κ1) is 18.2. The lowest BCUT2D eigenvalue weighted by Gasteiger charge is -2.34. The third-order valence-corrected chi connectivity index (χ3v) is 4.02. The Balaban J connectivity index is 2.56. The van der Waals surface area contributed by atoms with Gasteiger partial charge in [-0.2, -0.15) is 0 Å². The van der Waals surface area contributed by atoms with E-state index in [1.165, 1.54) is 30.4 Å². The molecule has 2 heteroatoms. The fourth-order valence-corrected chi connectivity index (χ4v) is 3.22. The summed E-state index contributed by atoms with van der Waals surface area (Å²) in [5.74, 6) is 0. The first-order chi connectivity index (χ1) is 9.99. The molecule has 0 heterocycles. The molecule has 2 nitrogen and oxygen atoms in total. The van der Waals surface area contributed by atoms with E-state index in [0.717, 1.165) is 26.2 Å². The van der Waals surface area contributed by atoms with Crippen molar-refractivity contribution in [3.63, 3.8) is 0 Å². The highest BCUT2D eigenvalue weighted by molar-refractivity contribution is 5.22. The zero-order valence-corrected chi connectivity index (χ0v) is 14.7. The molecule has 1 N–H and O–H groups in total. The molecule has 120 valence electrons. The summed E-state index contributed by atoms with van der Waals surface area (Å²) < 4.78 is 0. The van der Waals surface area contributed by atoms with Gasteiger partial charge in [-0.1, -0.05) is 57.0 Å². The molecule has 0 spiro atoms. The summed E-state index contributed by atoms with van der Waals surface area (Å²) in [6.07, 6.45) is 3.74. The highest BCUT2D eigenvalue weighted by Gasteiger charge is 2.24. The fourth-order valence-electron chi connectivity index (χ4n) is 3.22. The number of nitrogens with one attached hydrogen (secondary N) is 1. The highest BCUT2D eigenvalue weighted by Crippen LogP contribution is 2.24. The van der Waals surface area contributed by atoms with Gasteiger partial charge in [0.15, 0.2) is 0 Å². The van der Waals surface area contributed by atoms with E-state index in [1.54, 1.807) is 0 Å². The van der Waals surface area contributed by atoms with Crippen LogP contribution in [-0.2, 0) is 6.54 Å². The Morgan fingerprint density at radius 3 is 2.57 bits per heavy atom. The second-order valence-corrected chi connectivity index (χ2v) is 6.90. The molecule has 1 aromatic carbocycles. The largest absolute Gasteiger partial charge is 0.316 e. The van der Waals surface area contributed by atoms with Gasteiger partial charge in [0, 0.05) is 19.6 Å². The van der Waals surface area contributed by atoms with Crippen LogP contribution in [0.15, 0.2) is 24.3 Å². The van der Waals surface area contributed by atoms with Gasteiger partial charge in [-0.3, -0.25) is 0 Å². The maximum Gasteiger partial charge on any atom is 0.0231 e. The second kappa shape index (κ2) is 9.22. The van der Waals surface area contributed by atoms with Crippen LogP contribution in [0.3, 0.4) is 0 Å². The molecule has 0 aliphatic heterocycles. The van der Waals surface area contributed by atoms with E-state index < -0.39 is 0 Å². The van der Waals surface area contributed by atoms with Crippen LogP contribution in [0, 0.1) is 12.3 Å². The Morgan fingerprint density at radius 1 is 1.19 bits per heavy atom. The van der Waals surface area contributed by atoms with Crippen molar-refractivity contribution in [2.24, 2.45) is 5.41 Å². The molecule has 0 radical (unpaired) electrons. The summed E-state index contributed by atoms with van der Waals surface area (Å²) in [4.78, 5) is 2.47. The van der Waals surface area contributed by atoms with Gasteiger partial charge >= 0.3 is 0 Å². The van der Waals surface area contributed by atoms with E-state index in [-0.39, 0.29) is 0 Å². The SMILES string of the molecule is CCCNCC(C)(CCC)CN(C)Cc1cccc(C)c1. The van der Waals surface area contributed by atoms with Crippen LogP contribution in [0.4, 0.5) is 0 Å². The Kier molecular flexibility index (Phi) is 7.98. The summed E-state index contributed by atoms with van der Waals surface area (Å²) in [5.41, 5.74) is 3.13. The lowest BCUT2D eigenvalue weighted by molar-refractivity contribution is 0.168. The molecule has 0 bridgehead atoms. The van der Waals surface area contributed by atoms with E-state index in [4.69, 9.17) is 0 Å². The van der Waals surface area contributed by atoms with Crippen molar-refractivity contribution in [2.45, 2.75) is 53.5 Å². The average Bonchev–Trinajstić information content (AvgIpc) is 2.38. The van der Waals surface area contributed by atoms with Crippen LogP contribution in [0.1, 0.15) is 51.2 Å². The van der Waals surface area contributed by atoms with Gasteiger partial charge in [-0.05, 0) is 44.3 Å². The van der Waals surface area contributed by atoms with Gasteiger partial charge in [0.1, 0.15) is 0 Å². The molecule has 1 aromatic rings. The lowest BCUT2D eigenvalue weighted by atomic mass is 9.84. The van der Waals surface area contributed by atoms with E-state index in [1.807, 2.05) is 0 Å². The van der Waals surface area contributed by atoms with Crippen molar-refractivity contribution in [1.29, 1.82) is 0 Å². The van der Waals surface area contributed by atoms with Crippen molar-refractivity contribution in [2.75, 3.05) is 26.7 Å². The van der Waals surface area contributed by atoms with E-state index >= 15 is 0 Å². The van der Waals surface area contributed by atoms with Crippen molar-refractivity contribution in [1.82, 2.24) is 10.2 Å². The number of rotatable bonds is 10. The summed E-state index contributed by atoms with van der Waals surface area (Å²) in [7, 11) is 2.25. The molecule has 0 saturated carbocycles. The van der Waals surface area contributed by atoms with Crippen LogP contribution < -0.4 is 5.32 Å². The molecule has 1 atom stereocenters. The monoisotopic (exact) mass is 290 g/mol. The van der Waals surface area contributed by atoms with Gasteiger partial charge in [0.25, 0.3) is 0 Å². The predicted molar refractivity (Wildman–Crippen MR) is 93.7 cm³/mol. The number of aryl methyl sites for hydroxylation is 1. The Labute approximate surface area is 131 Å². The van der Waals surface area contributed by atoms with Gasteiger partial charge in [0.05, 0.1) is 0 Å². The van der Waals surface area contributed by atoms with Crippen LogP contribution in [0.5, 0.6) is 0 Å². The quantitative estimate of drug-likeness (QED) is 0.649. The molecule has 0 amide bonds. The van der Waals surface area contributed by atoms with Crippen molar-refractivity contribution < 1.29 is 0 Å². The maximum atomic E-state index is 3.61. The highest BCUT2D eigenvalue weighted by atomic mass is 15.1. The molecule has 0 aromatic heterocycles. The van der Waals surface area contributed by atoms with E-state index in [2.05, 4.69) is 69.2 Å². The third-order valence-electron chi connectivity index (χ3n) is 4.02. The van der Waals surface area contributed by atoms with Gasteiger partial charge < -0.3 is 10.2 Å². The van der Waals surface area contributed by atoms with Gasteiger partial charge in [0.2, 0.25) is 0 Å². The normalized spacial score (nSPS) is 14.4. The molecular weight excluding hydrogens is 256 g/mol. The van der Waals surface area contributed by atoms with Crippen LogP contribution in [0.25, 0.3) is 0 Å². The number of hydrogen-bond acceptors (Lipinski definition) is 2. The zero-order valence-electron chi connectivity index (χ0n) is 14.7. The summed E-state index contributed by atoms with van der Waals surface area (Å²) in [6, 6.07) is 8.85. The molecule has 21 heavy (non-hydrogen) atoms. The number of nitrogens with zero attached hydrogens (tertiary/aromatic N) is 1. The molecule has 0 fully saturated rings. The standard InChI is InChI=1S/C19H34N2/c1-6-11-19(4,15-20-12-7-2)16-21(5)14-18-10-8-9-17(3)13-18/h8-10,13,20H,6-7,11-12,14-16H2,1-5H3. The predicted octanol–water partition coefficient (Wildman–Crippen LogP) is 4.23. The maximum absolute atomic E-state index is 3.61. The Bertz CT molecular complexity index is 402. The molecule has 0 saturated heterocycles. The van der Waals surface area contributed by atoms with Crippen molar-refractivity contribution >= 4 is 0 Å². The zero-order chi connectivity index (χ0) is 15.7. The van der Waals surface area contributed by atoms with E-state index in [0.29, 0.717) is 5.41 Å². The van der Waals surface area contributed by atoms with Gasteiger partial charge in [-0.25, -0.2) is 0 Å². The molecular formula is C19H34N2. The smallest absolute Gasteiger partial charge is 0.0231 e. The molecule has 1 rings (SSSR count). The number of benzene rings is 1. The molecule has 0 aliphatic rings. The summed E-state index contributed by atoms with van der Waals surface area (Å²) in [6.45, 7) is 13.5. The van der Waals surface area contributed by atoms with Crippen molar-refractivity contribution in [3.8, 4) is 0 Å². The molecule has 0 aliphatic carbocycles. The van der Waals surface area contributed by atoms with Crippen LogP contribution in [0.2, 0.25) is 0 Å². The second-order valence-electron chi connectivity index (χ2n) is 6.90. The Hall–Kier alpha value is -0.860. The summed E-state index contributed by atoms with van der Waals surface area (Å²) in [5, 5.41) is 3.61.